The average Bonchev–Trinajstić information content (AvgIpc) is 2.88. The van der Waals surface area contributed by atoms with Crippen LogP contribution in [0.15, 0.2) is 53.6 Å². The van der Waals surface area contributed by atoms with Crippen molar-refractivity contribution < 1.29 is 4.79 Å². The fourth-order valence-electron chi connectivity index (χ4n) is 2.25. The molecule has 2 heterocycles. The van der Waals surface area contributed by atoms with Gasteiger partial charge in [0.25, 0.3) is 0 Å². The number of Topliss-reactive ketones (excluding diaryl/α,β-unsaturated/α-hetero) is 1. The molecule has 0 aliphatic carbocycles. The molecule has 0 amide bonds. The summed E-state index contributed by atoms with van der Waals surface area (Å²) in [7, 11) is 1.82. The Balaban J connectivity index is 2.04. The second-order valence-electron chi connectivity index (χ2n) is 4.61. The Morgan fingerprint density at radius 2 is 2.00 bits per heavy atom. The van der Waals surface area contributed by atoms with Crippen molar-refractivity contribution in [3.05, 3.63) is 64.7 Å². The first-order valence-electron chi connectivity index (χ1n) is 6.26. The van der Waals surface area contributed by atoms with E-state index in [1.807, 2.05) is 25.4 Å². The molecule has 0 aliphatic rings. The summed E-state index contributed by atoms with van der Waals surface area (Å²) in [6.45, 7) is 0.110. The third-order valence-electron chi connectivity index (χ3n) is 3.28. The summed E-state index contributed by atoms with van der Waals surface area (Å²) in [6.07, 6.45) is 3.07. The molecule has 0 spiro atoms. The second-order valence-corrected chi connectivity index (χ2v) is 4.61. The van der Waals surface area contributed by atoms with Gasteiger partial charge in [0.05, 0.1) is 17.4 Å². The number of rotatable bonds is 3. The Morgan fingerprint density at radius 1 is 1.20 bits per heavy atom. The molecule has 5 heteroatoms. The van der Waals surface area contributed by atoms with Crippen LogP contribution in [-0.2, 0) is 13.6 Å². The van der Waals surface area contributed by atoms with Crippen LogP contribution >= 0.6 is 0 Å². The van der Waals surface area contributed by atoms with Crippen LogP contribution in [0.3, 0.4) is 0 Å². The summed E-state index contributed by atoms with van der Waals surface area (Å²) in [4.78, 5) is 24.0. The fraction of sp³-hybridized carbons (Fsp3) is 0.133. The Hall–Kier alpha value is -2.69. The molecule has 0 radical (unpaired) electrons. The molecule has 5 nitrogen and oxygen atoms in total. The highest BCUT2D eigenvalue weighted by molar-refractivity contribution is 5.95. The Bertz CT molecular complexity index is 845. The number of nitrogens with zero attached hydrogens (tertiary/aromatic N) is 3. The van der Waals surface area contributed by atoms with Gasteiger partial charge in [0.15, 0.2) is 0 Å². The van der Waals surface area contributed by atoms with Crippen molar-refractivity contribution >= 4 is 16.7 Å². The molecule has 0 aliphatic heterocycles. The van der Waals surface area contributed by atoms with Gasteiger partial charge in [0, 0.05) is 18.6 Å². The number of benzene rings is 1. The molecule has 0 saturated carbocycles. The zero-order valence-electron chi connectivity index (χ0n) is 11.0. The van der Waals surface area contributed by atoms with E-state index in [9.17, 15) is 9.59 Å². The van der Waals surface area contributed by atoms with Gasteiger partial charge in [-0.25, -0.2) is 0 Å². The minimum Gasteiger partial charge on any atom is -0.348 e. The number of hydrogen-bond donors (Lipinski definition) is 0. The van der Waals surface area contributed by atoms with Crippen molar-refractivity contribution in [2.45, 2.75) is 6.54 Å². The molecule has 0 N–H and O–H groups in total. The standard InChI is InChI=1S/C15H13N3O2/c1-17-8-4-7-13(17)15(20)10-18-12-6-3-2-5-11(12)14(19)9-16-18/h2-9H,10H2,1H3. The largest absolute Gasteiger partial charge is 0.348 e. The van der Waals surface area contributed by atoms with Crippen LogP contribution in [0, 0.1) is 0 Å². The molecule has 0 bridgehead atoms. The summed E-state index contributed by atoms with van der Waals surface area (Å²) in [6, 6.07) is 10.8. The molecule has 0 fully saturated rings. The normalized spacial score (nSPS) is 10.8. The highest BCUT2D eigenvalue weighted by Crippen LogP contribution is 2.09. The van der Waals surface area contributed by atoms with E-state index in [4.69, 9.17) is 0 Å². The van der Waals surface area contributed by atoms with Crippen molar-refractivity contribution in [3.63, 3.8) is 0 Å². The van der Waals surface area contributed by atoms with E-state index in [1.165, 1.54) is 6.20 Å². The first-order chi connectivity index (χ1) is 9.66. The molecule has 20 heavy (non-hydrogen) atoms. The summed E-state index contributed by atoms with van der Waals surface area (Å²) in [5.41, 5.74) is 1.15. The van der Waals surface area contributed by atoms with Crippen LogP contribution in [0.4, 0.5) is 0 Å². The lowest BCUT2D eigenvalue weighted by Crippen LogP contribution is -2.18. The van der Waals surface area contributed by atoms with E-state index in [1.54, 1.807) is 33.5 Å². The van der Waals surface area contributed by atoms with Gasteiger partial charge in [-0.3, -0.25) is 14.3 Å². The zero-order valence-corrected chi connectivity index (χ0v) is 11.0. The lowest BCUT2D eigenvalue weighted by atomic mass is 10.2. The second kappa shape index (κ2) is 4.77. The molecular formula is C15H13N3O2. The zero-order chi connectivity index (χ0) is 14.1. The number of hydrogen-bond acceptors (Lipinski definition) is 3. The smallest absolute Gasteiger partial charge is 0.207 e. The minimum atomic E-state index is -0.136. The Labute approximate surface area is 115 Å². The van der Waals surface area contributed by atoms with Gasteiger partial charge in [0.2, 0.25) is 11.2 Å². The molecule has 0 saturated heterocycles. The number of carbonyl (C=O) groups excluding carboxylic acids is 1. The van der Waals surface area contributed by atoms with E-state index < -0.39 is 0 Å². The van der Waals surface area contributed by atoms with E-state index in [-0.39, 0.29) is 17.8 Å². The van der Waals surface area contributed by atoms with Crippen LogP contribution in [0.25, 0.3) is 10.9 Å². The molecule has 0 unspecified atom stereocenters. The molecule has 0 atom stereocenters. The predicted octanol–water partition coefficient (Wildman–Crippen LogP) is 1.62. The Kier molecular flexibility index (Phi) is 2.95. The van der Waals surface area contributed by atoms with Crippen molar-refractivity contribution in [2.24, 2.45) is 7.05 Å². The third-order valence-corrected chi connectivity index (χ3v) is 3.28. The number of ketones is 1. The van der Waals surface area contributed by atoms with Gasteiger partial charge in [-0.15, -0.1) is 0 Å². The van der Waals surface area contributed by atoms with Crippen molar-refractivity contribution in [1.82, 2.24) is 14.3 Å². The number of para-hydroxylation sites is 1. The quantitative estimate of drug-likeness (QED) is 0.677. The number of aromatic nitrogens is 3. The molecule has 1 aromatic carbocycles. The third kappa shape index (κ3) is 2.03. The number of fused-ring (bicyclic) bond motifs is 1. The summed E-state index contributed by atoms with van der Waals surface area (Å²) >= 11 is 0. The highest BCUT2D eigenvalue weighted by Gasteiger charge is 2.12. The van der Waals surface area contributed by atoms with E-state index >= 15 is 0 Å². The van der Waals surface area contributed by atoms with E-state index in [0.29, 0.717) is 16.6 Å². The van der Waals surface area contributed by atoms with Gasteiger partial charge in [-0.05, 0) is 24.3 Å². The summed E-state index contributed by atoms with van der Waals surface area (Å²) in [5.74, 6) is -0.0428. The summed E-state index contributed by atoms with van der Waals surface area (Å²) in [5, 5.41) is 4.63. The van der Waals surface area contributed by atoms with Gasteiger partial charge in [0.1, 0.15) is 6.54 Å². The fourth-order valence-corrected chi connectivity index (χ4v) is 2.25. The highest BCUT2D eigenvalue weighted by atomic mass is 16.1. The maximum absolute atomic E-state index is 12.3. The van der Waals surface area contributed by atoms with Crippen molar-refractivity contribution in [2.75, 3.05) is 0 Å². The lowest BCUT2D eigenvalue weighted by Gasteiger charge is -2.08. The monoisotopic (exact) mass is 267 g/mol. The van der Waals surface area contributed by atoms with Gasteiger partial charge in [-0.1, -0.05) is 12.1 Å². The van der Waals surface area contributed by atoms with Gasteiger partial charge in [-0.2, -0.15) is 5.10 Å². The molecular weight excluding hydrogens is 254 g/mol. The molecule has 3 rings (SSSR count). The van der Waals surface area contributed by atoms with Crippen LogP contribution in [-0.4, -0.2) is 20.1 Å². The number of aryl methyl sites for hydroxylation is 1. The molecule has 100 valence electrons. The number of carbonyl (C=O) groups is 1. The maximum atomic E-state index is 12.3. The molecule has 3 aromatic rings. The van der Waals surface area contributed by atoms with E-state index in [0.717, 1.165) is 0 Å². The van der Waals surface area contributed by atoms with Crippen molar-refractivity contribution in [3.8, 4) is 0 Å². The van der Waals surface area contributed by atoms with Crippen LogP contribution < -0.4 is 5.43 Å². The summed E-state index contributed by atoms with van der Waals surface area (Å²) < 4.78 is 3.33. The first-order valence-corrected chi connectivity index (χ1v) is 6.26. The SMILES string of the molecule is Cn1cccc1C(=O)Cn1ncc(=O)c2ccccc21. The average molecular weight is 267 g/mol. The van der Waals surface area contributed by atoms with Gasteiger partial charge >= 0.3 is 0 Å². The predicted molar refractivity (Wildman–Crippen MR) is 75.7 cm³/mol. The van der Waals surface area contributed by atoms with Gasteiger partial charge < -0.3 is 4.57 Å². The van der Waals surface area contributed by atoms with Crippen LogP contribution in [0.2, 0.25) is 0 Å². The maximum Gasteiger partial charge on any atom is 0.207 e. The van der Waals surface area contributed by atoms with Crippen LogP contribution in [0.1, 0.15) is 10.5 Å². The minimum absolute atomic E-state index is 0.0428. The van der Waals surface area contributed by atoms with Crippen molar-refractivity contribution in [1.29, 1.82) is 0 Å². The first kappa shape index (κ1) is 12.3. The molecule has 2 aromatic heterocycles. The lowest BCUT2D eigenvalue weighted by molar-refractivity contribution is 0.0961. The topological polar surface area (TPSA) is 56.9 Å². The van der Waals surface area contributed by atoms with Crippen LogP contribution in [0.5, 0.6) is 0 Å². The Morgan fingerprint density at radius 3 is 2.75 bits per heavy atom. The van der Waals surface area contributed by atoms with E-state index in [2.05, 4.69) is 5.10 Å².